The third kappa shape index (κ3) is 2.74. The first-order valence-electron chi connectivity index (χ1n) is 9.34. The molecule has 1 amide bonds. The summed E-state index contributed by atoms with van der Waals surface area (Å²) in [4.78, 5) is 15.3. The number of rotatable bonds is 3. The molecular formula is C22H25NO3. The zero-order chi connectivity index (χ0) is 18.3. The molecule has 2 aliphatic rings. The van der Waals surface area contributed by atoms with Crippen LogP contribution >= 0.6 is 0 Å². The maximum atomic E-state index is 13.3. The van der Waals surface area contributed by atoms with E-state index in [4.69, 9.17) is 9.47 Å². The Morgan fingerprint density at radius 3 is 2.65 bits per heavy atom. The molecule has 0 spiro atoms. The largest absolute Gasteiger partial charge is 0.497 e. The number of carbonyl (C=O) groups is 1. The number of nitrogens with zero attached hydrogens (tertiary/aromatic N) is 1. The van der Waals surface area contributed by atoms with Crippen molar-refractivity contribution in [3.8, 4) is 11.5 Å². The van der Waals surface area contributed by atoms with E-state index >= 15 is 0 Å². The van der Waals surface area contributed by atoms with Crippen LogP contribution in [0.3, 0.4) is 0 Å². The predicted octanol–water partition coefficient (Wildman–Crippen LogP) is 4.56. The van der Waals surface area contributed by atoms with Crippen LogP contribution in [0.1, 0.15) is 60.1 Å². The van der Waals surface area contributed by atoms with E-state index in [9.17, 15) is 4.79 Å². The van der Waals surface area contributed by atoms with Crippen molar-refractivity contribution < 1.29 is 14.3 Å². The minimum Gasteiger partial charge on any atom is -0.497 e. The third-order valence-corrected chi connectivity index (χ3v) is 5.79. The molecule has 26 heavy (non-hydrogen) atoms. The van der Waals surface area contributed by atoms with Gasteiger partial charge in [0.25, 0.3) is 5.91 Å². The Kier molecular flexibility index (Phi) is 4.35. The first kappa shape index (κ1) is 17.0. The number of para-hydroxylation sites is 1. The Bertz CT molecular complexity index is 815. The van der Waals surface area contributed by atoms with Crippen LogP contribution in [-0.4, -0.2) is 30.6 Å². The van der Waals surface area contributed by atoms with Crippen molar-refractivity contribution in [3.63, 3.8) is 0 Å². The molecule has 3 unspecified atom stereocenters. The van der Waals surface area contributed by atoms with Crippen molar-refractivity contribution in [2.45, 2.75) is 44.8 Å². The van der Waals surface area contributed by atoms with E-state index in [1.54, 1.807) is 7.11 Å². The number of amides is 1. The molecule has 2 aromatic carbocycles. The van der Waals surface area contributed by atoms with Crippen molar-refractivity contribution in [3.05, 3.63) is 59.2 Å². The van der Waals surface area contributed by atoms with Gasteiger partial charge >= 0.3 is 0 Å². The van der Waals surface area contributed by atoms with Gasteiger partial charge < -0.3 is 14.4 Å². The van der Waals surface area contributed by atoms with E-state index in [0.717, 1.165) is 42.0 Å². The van der Waals surface area contributed by atoms with Crippen molar-refractivity contribution in [1.29, 1.82) is 0 Å². The van der Waals surface area contributed by atoms with Crippen LogP contribution in [0.25, 0.3) is 0 Å². The molecule has 4 rings (SSSR count). The van der Waals surface area contributed by atoms with E-state index in [0.29, 0.717) is 11.5 Å². The molecule has 0 aliphatic carbocycles. The zero-order valence-electron chi connectivity index (χ0n) is 15.6. The smallest absolute Gasteiger partial charge is 0.258 e. The Morgan fingerprint density at radius 2 is 1.92 bits per heavy atom. The monoisotopic (exact) mass is 351 g/mol. The van der Waals surface area contributed by atoms with Crippen LogP contribution in [0.2, 0.25) is 0 Å². The molecule has 0 radical (unpaired) electrons. The lowest BCUT2D eigenvalue weighted by molar-refractivity contribution is 0.0730. The van der Waals surface area contributed by atoms with Crippen LogP contribution in [0.15, 0.2) is 42.5 Å². The maximum Gasteiger partial charge on any atom is 0.258 e. The summed E-state index contributed by atoms with van der Waals surface area (Å²) in [7, 11) is 1.67. The minimum absolute atomic E-state index is 0.0708. The highest BCUT2D eigenvalue weighted by atomic mass is 16.5. The quantitative estimate of drug-likeness (QED) is 0.814. The lowest BCUT2D eigenvalue weighted by Crippen LogP contribution is -2.30. The number of benzene rings is 2. The van der Waals surface area contributed by atoms with Gasteiger partial charge in [0.15, 0.2) is 0 Å². The van der Waals surface area contributed by atoms with Crippen LogP contribution < -0.4 is 9.47 Å². The first-order valence-corrected chi connectivity index (χ1v) is 9.34. The molecule has 2 aromatic rings. The SMILES string of the molecule is COc1ccc(C2CCCN2C(=O)c2cccc3c2OC(C)C3C)cc1. The van der Waals surface area contributed by atoms with Gasteiger partial charge in [0.2, 0.25) is 0 Å². The summed E-state index contributed by atoms with van der Waals surface area (Å²) in [6, 6.07) is 14.1. The van der Waals surface area contributed by atoms with E-state index in [1.807, 2.05) is 29.2 Å². The Labute approximate surface area is 154 Å². The minimum atomic E-state index is 0.0708. The second-order valence-corrected chi connectivity index (χ2v) is 7.27. The van der Waals surface area contributed by atoms with E-state index in [2.05, 4.69) is 32.0 Å². The fraction of sp³-hybridized carbons (Fsp3) is 0.409. The average molecular weight is 351 g/mol. The third-order valence-electron chi connectivity index (χ3n) is 5.79. The molecule has 4 nitrogen and oxygen atoms in total. The summed E-state index contributed by atoms with van der Waals surface area (Å²) in [6.45, 7) is 5.00. The number of carbonyl (C=O) groups excluding carboxylic acids is 1. The number of ether oxygens (including phenoxy) is 2. The molecule has 1 fully saturated rings. The number of hydrogen-bond donors (Lipinski definition) is 0. The van der Waals surface area contributed by atoms with E-state index < -0.39 is 0 Å². The fourth-order valence-electron chi connectivity index (χ4n) is 4.09. The van der Waals surface area contributed by atoms with Crippen LogP contribution in [-0.2, 0) is 0 Å². The van der Waals surface area contributed by atoms with Crippen molar-refractivity contribution in [1.82, 2.24) is 4.90 Å². The zero-order valence-corrected chi connectivity index (χ0v) is 15.6. The number of hydrogen-bond acceptors (Lipinski definition) is 3. The highest BCUT2D eigenvalue weighted by Gasteiger charge is 2.36. The van der Waals surface area contributed by atoms with Crippen molar-refractivity contribution in [2.24, 2.45) is 0 Å². The lowest BCUT2D eigenvalue weighted by Gasteiger charge is -2.26. The average Bonchev–Trinajstić information content (AvgIpc) is 3.27. The summed E-state index contributed by atoms with van der Waals surface area (Å²) in [5.74, 6) is 2.00. The van der Waals surface area contributed by atoms with Crippen LogP contribution in [0.4, 0.5) is 0 Å². The van der Waals surface area contributed by atoms with Gasteiger partial charge in [0, 0.05) is 18.0 Å². The summed E-state index contributed by atoms with van der Waals surface area (Å²) in [6.07, 6.45) is 2.11. The second-order valence-electron chi connectivity index (χ2n) is 7.27. The maximum absolute atomic E-state index is 13.3. The molecule has 0 N–H and O–H groups in total. The molecular weight excluding hydrogens is 326 g/mol. The molecule has 2 aliphatic heterocycles. The predicted molar refractivity (Wildman–Crippen MR) is 101 cm³/mol. The van der Waals surface area contributed by atoms with Gasteiger partial charge in [-0.2, -0.15) is 0 Å². The summed E-state index contributed by atoms with van der Waals surface area (Å²) < 4.78 is 11.3. The molecule has 2 heterocycles. The molecule has 0 aromatic heterocycles. The molecule has 3 atom stereocenters. The summed E-state index contributed by atoms with van der Waals surface area (Å²) >= 11 is 0. The summed E-state index contributed by atoms with van der Waals surface area (Å²) in [5.41, 5.74) is 2.99. The van der Waals surface area contributed by atoms with Gasteiger partial charge in [-0.05, 0) is 43.5 Å². The van der Waals surface area contributed by atoms with Crippen molar-refractivity contribution in [2.75, 3.05) is 13.7 Å². The Balaban J connectivity index is 1.64. The lowest BCUT2D eigenvalue weighted by atomic mass is 9.96. The van der Waals surface area contributed by atoms with Gasteiger partial charge in [0.1, 0.15) is 17.6 Å². The highest BCUT2D eigenvalue weighted by Crippen LogP contribution is 2.42. The molecule has 136 valence electrons. The number of fused-ring (bicyclic) bond motifs is 1. The van der Waals surface area contributed by atoms with Gasteiger partial charge in [-0.1, -0.05) is 31.2 Å². The molecule has 0 saturated carbocycles. The van der Waals surface area contributed by atoms with Gasteiger partial charge in [-0.25, -0.2) is 0 Å². The van der Waals surface area contributed by atoms with Gasteiger partial charge in [0.05, 0.1) is 18.7 Å². The number of likely N-dealkylation sites (tertiary alicyclic amines) is 1. The second kappa shape index (κ2) is 6.67. The van der Waals surface area contributed by atoms with Gasteiger partial charge in [-0.3, -0.25) is 4.79 Å². The van der Waals surface area contributed by atoms with E-state index in [1.165, 1.54) is 0 Å². The highest BCUT2D eigenvalue weighted by molar-refractivity contribution is 5.98. The summed E-state index contributed by atoms with van der Waals surface area (Å²) in [5, 5.41) is 0. The van der Waals surface area contributed by atoms with Crippen LogP contribution in [0.5, 0.6) is 11.5 Å². The Hall–Kier alpha value is -2.49. The topological polar surface area (TPSA) is 38.8 Å². The van der Waals surface area contributed by atoms with Gasteiger partial charge in [-0.15, -0.1) is 0 Å². The van der Waals surface area contributed by atoms with E-state index in [-0.39, 0.29) is 18.1 Å². The standard InChI is InChI=1S/C22H25NO3/c1-14-15(2)26-21-18(14)6-4-7-19(21)22(24)23-13-5-8-20(23)16-9-11-17(25-3)12-10-16/h4,6-7,9-12,14-15,20H,5,8,13H2,1-3H3. The van der Waals surface area contributed by atoms with Crippen molar-refractivity contribution >= 4 is 5.91 Å². The van der Waals surface area contributed by atoms with Crippen LogP contribution in [0, 0.1) is 0 Å². The normalized spacial score (nSPS) is 24.3. The first-order chi connectivity index (χ1) is 12.6. The fourth-order valence-corrected chi connectivity index (χ4v) is 4.09. The molecule has 4 heteroatoms. The molecule has 0 bridgehead atoms. The molecule has 1 saturated heterocycles. The number of methoxy groups -OCH3 is 1. The Morgan fingerprint density at radius 1 is 1.15 bits per heavy atom.